The van der Waals surface area contributed by atoms with Crippen LogP contribution in [-0.2, 0) is 4.79 Å². The van der Waals surface area contributed by atoms with Gasteiger partial charge in [0.25, 0.3) is 0 Å². The summed E-state index contributed by atoms with van der Waals surface area (Å²) in [6.45, 7) is 3.54. The third kappa shape index (κ3) is 1.77. The van der Waals surface area contributed by atoms with Gasteiger partial charge in [0.1, 0.15) is 5.70 Å². The van der Waals surface area contributed by atoms with E-state index in [4.69, 9.17) is 5.11 Å². The summed E-state index contributed by atoms with van der Waals surface area (Å²) in [4.78, 5) is 10.5. The topological polar surface area (TPSA) is 49.3 Å². The normalized spacial score (nSPS) is 17.5. The molecule has 0 aliphatic carbocycles. The Morgan fingerprint density at radius 3 is 3.00 bits per heavy atom. The summed E-state index contributed by atoms with van der Waals surface area (Å²) < 4.78 is 0. The monoisotopic (exact) mass is 171 g/mol. The fraction of sp³-hybridized carbons (Fsp3) is 0.286. The Morgan fingerprint density at radius 1 is 1.82 bits per heavy atom. The summed E-state index contributed by atoms with van der Waals surface area (Å²) in [5, 5.41) is 11.5. The Balaban J connectivity index is 2.90. The summed E-state index contributed by atoms with van der Waals surface area (Å²) in [6, 6.07) is 0. The number of nitrogens with one attached hydrogen (secondary N) is 1. The second-order valence-electron chi connectivity index (χ2n) is 2.08. The maximum Gasteiger partial charge on any atom is 0.352 e. The van der Waals surface area contributed by atoms with Gasteiger partial charge in [-0.15, -0.1) is 11.8 Å². The lowest BCUT2D eigenvalue weighted by Crippen LogP contribution is -2.25. The van der Waals surface area contributed by atoms with Gasteiger partial charge in [-0.25, -0.2) is 4.79 Å². The van der Waals surface area contributed by atoms with Crippen LogP contribution in [0.3, 0.4) is 0 Å². The maximum absolute atomic E-state index is 10.5. The second kappa shape index (κ2) is 3.48. The SMILES string of the molecule is C=CC1=C(C(=O)O)NCSC1. The van der Waals surface area contributed by atoms with Crippen LogP contribution in [0.1, 0.15) is 0 Å². The number of rotatable bonds is 2. The van der Waals surface area contributed by atoms with Crippen LogP contribution in [0.4, 0.5) is 0 Å². The van der Waals surface area contributed by atoms with Gasteiger partial charge in [0.2, 0.25) is 0 Å². The molecule has 1 heterocycles. The molecule has 0 spiro atoms. The molecule has 3 nitrogen and oxygen atoms in total. The summed E-state index contributed by atoms with van der Waals surface area (Å²) in [6.07, 6.45) is 1.59. The van der Waals surface area contributed by atoms with Crippen molar-refractivity contribution in [2.75, 3.05) is 11.6 Å². The van der Waals surface area contributed by atoms with Crippen LogP contribution in [0.25, 0.3) is 0 Å². The van der Waals surface area contributed by atoms with Gasteiger partial charge >= 0.3 is 5.97 Å². The Hall–Kier alpha value is -0.900. The highest BCUT2D eigenvalue weighted by atomic mass is 32.2. The first-order valence-electron chi connectivity index (χ1n) is 3.16. The van der Waals surface area contributed by atoms with E-state index in [0.29, 0.717) is 11.6 Å². The molecule has 0 atom stereocenters. The molecule has 0 aromatic carbocycles. The van der Waals surface area contributed by atoms with E-state index in [-0.39, 0.29) is 0 Å². The molecule has 1 rings (SSSR count). The predicted octanol–water partition coefficient (Wildman–Crippen LogP) is 0.805. The minimum atomic E-state index is -0.903. The third-order valence-electron chi connectivity index (χ3n) is 1.39. The van der Waals surface area contributed by atoms with Gasteiger partial charge in [-0.3, -0.25) is 0 Å². The fourth-order valence-electron chi connectivity index (χ4n) is 0.844. The van der Waals surface area contributed by atoms with Crippen LogP contribution in [0.2, 0.25) is 0 Å². The van der Waals surface area contributed by atoms with E-state index in [9.17, 15) is 4.79 Å². The van der Waals surface area contributed by atoms with Gasteiger partial charge in [-0.2, -0.15) is 0 Å². The summed E-state index contributed by atoms with van der Waals surface area (Å²) in [5.41, 5.74) is 1.06. The van der Waals surface area contributed by atoms with Gasteiger partial charge in [0.15, 0.2) is 0 Å². The van der Waals surface area contributed by atoms with Gasteiger partial charge in [0.05, 0.1) is 5.88 Å². The molecule has 0 saturated heterocycles. The summed E-state index contributed by atoms with van der Waals surface area (Å²) >= 11 is 1.65. The van der Waals surface area contributed by atoms with Crippen molar-refractivity contribution in [1.82, 2.24) is 5.32 Å². The first kappa shape index (κ1) is 8.20. The van der Waals surface area contributed by atoms with Crippen LogP contribution < -0.4 is 5.32 Å². The second-order valence-corrected chi connectivity index (χ2v) is 3.06. The van der Waals surface area contributed by atoms with E-state index in [2.05, 4.69) is 11.9 Å². The average Bonchev–Trinajstić information content (AvgIpc) is 2.04. The van der Waals surface area contributed by atoms with Crippen LogP contribution in [0.15, 0.2) is 23.9 Å². The van der Waals surface area contributed by atoms with Crippen molar-refractivity contribution in [3.05, 3.63) is 23.9 Å². The lowest BCUT2D eigenvalue weighted by Gasteiger charge is -2.16. The van der Waals surface area contributed by atoms with E-state index in [1.807, 2.05) is 0 Å². The zero-order valence-corrected chi connectivity index (χ0v) is 6.78. The molecule has 0 unspecified atom stereocenters. The zero-order valence-electron chi connectivity index (χ0n) is 5.96. The van der Waals surface area contributed by atoms with Crippen LogP contribution in [0.5, 0.6) is 0 Å². The summed E-state index contributed by atoms with van der Waals surface area (Å²) in [7, 11) is 0. The lowest BCUT2D eigenvalue weighted by atomic mass is 10.2. The number of carboxylic acids is 1. The Bertz CT molecular complexity index is 222. The van der Waals surface area contributed by atoms with Crippen LogP contribution in [-0.4, -0.2) is 22.7 Å². The van der Waals surface area contributed by atoms with Crippen molar-refractivity contribution in [3.8, 4) is 0 Å². The third-order valence-corrected chi connectivity index (χ3v) is 2.25. The minimum Gasteiger partial charge on any atom is -0.477 e. The lowest BCUT2D eigenvalue weighted by molar-refractivity contribution is -0.133. The quantitative estimate of drug-likeness (QED) is 0.645. The van der Waals surface area contributed by atoms with Crippen molar-refractivity contribution in [2.45, 2.75) is 0 Å². The molecule has 60 valence electrons. The van der Waals surface area contributed by atoms with E-state index in [0.717, 1.165) is 11.3 Å². The van der Waals surface area contributed by atoms with Gasteiger partial charge in [0, 0.05) is 5.75 Å². The molecular weight excluding hydrogens is 162 g/mol. The van der Waals surface area contributed by atoms with Crippen molar-refractivity contribution in [1.29, 1.82) is 0 Å². The molecule has 1 aliphatic heterocycles. The van der Waals surface area contributed by atoms with Crippen molar-refractivity contribution < 1.29 is 9.90 Å². The van der Waals surface area contributed by atoms with Crippen molar-refractivity contribution >= 4 is 17.7 Å². The van der Waals surface area contributed by atoms with Crippen molar-refractivity contribution in [2.24, 2.45) is 0 Å². The molecule has 2 N–H and O–H groups in total. The predicted molar refractivity (Wildman–Crippen MR) is 45.3 cm³/mol. The number of carbonyl (C=O) groups is 1. The molecule has 0 amide bonds. The first-order valence-corrected chi connectivity index (χ1v) is 4.31. The molecule has 0 radical (unpaired) electrons. The first-order chi connectivity index (χ1) is 5.25. The standard InChI is InChI=1S/C7H9NO2S/c1-2-5-3-11-4-8-6(5)7(9)10/h2,8H,1,3-4H2,(H,9,10). The van der Waals surface area contributed by atoms with Gasteiger partial charge < -0.3 is 10.4 Å². The zero-order chi connectivity index (χ0) is 8.27. The molecule has 0 aromatic heterocycles. The number of allylic oxidation sites excluding steroid dienone is 1. The highest BCUT2D eigenvalue weighted by molar-refractivity contribution is 7.99. The van der Waals surface area contributed by atoms with E-state index >= 15 is 0 Å². The number of thioether (sulfide) groups is 1. The molecule has 1 aliphatic rings. The number of hydrogen-bond acceptors (Lipinski definition) is 3. The van der Waals surface area contributed by atoms with E-state index < -0.39 is 5.97 Å². The Morgan fingerprint density at radius 2 is 2.55 bits per heavy atom. The largest absolute Gasteiger partial charge is 0.477 e. The fourth-order valence-corrected chi connectivity index (χ4v) is 1.67. The number of carboxylic acid groups (broad SMARTS) is 1. The highest BCUT2D eigenvalue weighted by Gasteiger charge is 2.15. The molecule has 4 heteroatoms. The average molecular weight is 171 g/mol. The highest BCUT2D eigenvalue weighted by Crippen LogP contribution is 2.16. The molecule has 0 fully saturated rings. The molecule has 0 saturated carbocycles. The van der Waals surface area contributed by atoms with Crippen LogP contribution in [0, 0.1) is 0 Å². The molecule has 0 aromatic rings. The molecule has 11 heavy (non-hydrogen) atoms. The smallest absolute Gasteiger partial charge is 0.352 e. The number of hydrogen-bond donors (Lipinski definition) is 2. The minimum absolute atomic E-state index is 0.291. The van der Waals surface area contributed by atoms with Gasteiger partial charge in [-0.05, 0) is 5.57 Å². The van der Waals surface area contributed by atoms with Gasteiger partial charge in [-0.1, -0.05) is 12.7 Å². The molecular formula is C7H9NO2S. The Kier molecular flexibility index (Phi) is 2.59. The van der Waals surface area contributed by atoms with Crippen molar-refractivity contribution in [3.63, 3.8) is 0 Å². The van der Waals surface area contributed by atoms with E-state index in [1.165, 1.54) is 0 Å². The Labute approximate surface area is 69.2 Å². The maximum atomic E-state index is 10.5. The van der Waals surface area contributed by atoms with Crippen LogP contribution >= 0.6 is 11.8 Å². The number of aliphatic carboxylic acids is 1. The summed E-state index contributed by atoms with van der Waals surface area (Å²) in [5.74, 6) is 0.497. The molecule has 0 bridgehead atoms. The van der Waals surface area contributed by atoms with E-state index in [1.54, 1.807) is 17.8 Å².